The molecule has 0 bridgehead atoms. The van der Waals surface area contributed by atoms with E-state index in [0.29, 0.717) is 21.7 Å². The molecule has 0 spiro atoms. The van der Waals surface area contributed by atoms with Gasteiger partial charge in [-0.3, -0.25) is 14.3 Å². The normalized spacial score (nSPS) is 10.7. The molecular formula is C23H15ClFN3O4. The summed E-state index contributed by atoms with van der Waals surface area (Å²) >= 11 is 6.35. The molecular weight excluding hydrogens is 437 g/mol. The van der Waals surface area contributed by atoms with Gasteiger partial charge in [0.05, 0.1) is 23.2 Å². The molecule has 0 amide bonds. The highest BCUT2D eigenvalue weighted by atomic mass is 35.5. The fourth-order valence-corrected chi connectivity index (χ4v) is 3.39. The quantitative estimate of drug-likeness (QED) is 0.473. The van der Waals surface area contributed by atoms with Crippen LogP contribution in [0.1, 0.15) is 5.56 Å². The maximum atomic E-state index is 13.8. The molecule has 32 heavy (non-hydrogen) atoms. The van der Waals surface area contributed by atoms with Crippen molar-refractivity contribution in [1.29, 1.82) is 5.26 Å². The van der Waals surface area contributed by atoms with Crippen LogP contribution in [-0.4, -0.2) is 16.2 Å². The molecule has 1 aromatic heterocycles. The minimum atomic E-state index is -0.570. The minimum absolute atomic E-state index is 0.0236. The molecule has 1 heterocycles. The van der Waals surface area contributed by atoms with E-state index in [9.17, 15) is 14.0 Å². The number of nitrogens with one attached hydrogen (secondary N) is 1. The first-order chi connectivity index (χ1) is 15.4. The molecule has 0 saturated carbocycles. The molecule has 0 saturated heterocycles. The van der Waals surface area contributed by atoms with Gasteiger partial charge in [-0.05, 0) is 35.7 Å². The second-order valence-corrected chi connectivity index (χ2v) is 7.21. The molecule has 160 valence electrons. The SMILES string of the molecule is N#Cc1ccc2c(Cl)cc(Oc3ccc(F)cc3OCCn3ccc(=O)[nH]c3=O)cc2c1. The smallest absolute Gasteiger partial charge is 0.328 e. The second-order valence-electron chi connectivity index (χ2n) is 6.80. The average molecular weight is 452 g/mol. The van der Waals surface area contributed by atoms with Crippen LogP contribution >= 0.6 is 11.6 Å². The van der Waals surface area contributed by atoms with E-state index >= 15 is 0 Å². The summed E-state index contributed by atoms with van der Waals surface area (Å²) in [5.41, 5.74) is -0.586. The van der Waals surface area contributed by atoms with Gasteiger partial charge in [-0.15, -0.1) is 0 Å². The fraction of sp³-hybridized carbons (Fsp3) is 0.0870. The van der Waals surface area contributed by atoms with Crippen molar-refractivity contribution in [3.8, 4) is 23.3 Å². The Bertz CT molecular complexity index is 1470. The van der Waals surface area contributed by atoms with Crippen LogP contribution in [0.5, 0.6) is 17.2 Å². The summed E-state index contributed by atoms with van der Waals surface area (Å²) in [4.78, 5) is 25.1. The van der Waals surface area contributed by atoms with Crippen LogP contribution in [0.25, 0.3) is 10.8 Å². The fourth-order valence-electron chi connectivity index (χ4n) is 3.11. The van der Waals surface area contributed by atoms with E-state index < -0.39 is 17.1 Å². The molecule has 0 fully saturated rings. The van der Waals surface area contributed by atoms with Crippen molar-refractivity contribution in [3.63, 3.8) is 0 Å². The van der Waals surface area contributed by atoms with Crippen LogP contribution in [0.4, 0.5) is 4.39 Å². The lowest BCUT2D eigenvalue weighted by molar-refractivity contribution is 0.281. The van der Waals surface area contributed by atoms with Crippen LogP contribution in [0.3, 0.4) is 0 Å². The Hall–Kier alpha value is -4.09. The zero-order chi connectivity index (χ0) is 22.7. The Labute approximate surface area is 185 Å². The highest BCUT2D eigenvalue weighted by Crippen LogP contribution is 2.36. The number of H-pyrrole nitrogens is 1. The van der Waals surface area contributed by atoms with Crippen LogP contribution in [0.2, 0.25) is 5.02 Å². The molecule has 7 nitrogen and oxygen atoms in total. The van der Waals surface area contributed by atoms with Crippen molar-refractivity contribution in [2.24, 2.45) is 0 Å². The van der Waals surface area contributed by atoms with Crippen LogP contribution in [0.15, 0.2) is 70.4 Å². The van der Waals surface area contributed by atoms with Crippen molar-refractivity contribution in [2.45, 2.75) is 6.54 Å². The number of aromatic amines is 1. The number of nitrogens with zero attached hydrogens (tertiary/aromatic N) is 2. The van der Waals surface area contributed by atoms with Crippen molar-refractivity contribution < 1.29 is 13.9 Å². The number of nitriles is 1. The van der Waals surface area contributed by atoms with E-state index in [1.807, 2.05) is 0 Å². The first kappa shape index (κ1) is 21.2. The van der Waals surface area contributed by atoms with Gasteiger partial charge in [-0.2, -0.15) is 5.26 Å². The van der Waals surface area contributed by atoms with E-state index in [2.05, 4.69) is 11.1 Å². The number of halogens is 2. The third kappa shape index (κ3) is 4.63. The lowest BCUT2D eigenvalue weighted by Crippen LogP contribution is -2.30. The topological polar surface area (TPSA) is 97.1 Å². The van der Waals surface area contributed by atoms with E-state index in [4.69, 9.17) is 26.3 Å². The number of hydrogen-bond donors (Lipinski definition) is 1. The van der Waals surface area contributed by atoms with Gasteiger partial charge in [0, 0.05) is 29.8 Å². The van der Waals surface area contributed by atoms with Gasteiger partial charge in [0.25, 0.3) is 5.56 Å². The number of fused-ring (bicyclic) bond motifs is 1. The maximum Gasteiger partial charge on any atom is 0.328 e. The Morgan fingerprint density at radius 3 is 2.69 bits per heavy atom. The van der Waals surface area contributed by atoms with Gasteiger partial charge in [-0.1, -0.05) is 17.7 Å². The van der Waals surface area contributed by atoms with E-state index in [1.165, 1.54) is 35.0 Å². The monoisotopic (exact) mass is 451 g/mol. The van der Waals surface area contributed by atoms with Crippen LogP contribution < -0.4 is 20.7 Å². The zero-order valence-corrected chi connectivity index (χ0v) is 17.2. The molecule has 3 aromatic carbocycles. The van der Waals surface area contributed by atoms with Gasteiger partial charge in [0.1, 0.15) is 18.2 Å². The Morgan fingerprint density at radius 2 is 1.91 bits per heavy atom. The number of ether oxygens (including phenoxy) is 2. The maximum absolute atomic E-state index is 13.8. The molecule has 9 heteroatoms. The summed E-state index contributed by atoms with van der Waals surface area (Å²) in [6, 6.07) is 15.6. The Morgan fingerprint density at radius 1 is 1.06 bits per heavy atom. The summed E-state index contributed by atoms with van der Waals surface area (Å²) in [5, 5.41) is 11.0. The van der Waals surface area contributed by atoms with Crippen molar-refractivity contribution in [2.75, 3.05) is 6.61 Å². The standard InChI is InChI=1S/C23H15ClFN3O4/c24-19-12-17(10-15-9-14(13-26)1-3-18(15)19)32-20-4-2-16(25)11-21(20)31-8-7-28-6-5-22(29)27-23(28)30/h1-6,9-12H,7-8H2,(H,27,29,30). The number of hydrogen-bond acceptors (Lipinski definition) is 5. The first-order valence-corrected chi connectivity index (χ1v) is 9.84. The van der Waals surface area contributed by atoms with E-state index in [0.717, 1.165) is 5.39 Å². The van der Waals surface area contributed by atoms with Gasteiger partial charge in [0.2, 0.25) is 0 Å². The molecule has 1 N–H and O–H groups in total. The number of benzene rings is 3. The molecule has 4 rings (SSSR count). The van der Waals surface area contributed by atoms with E-state index in [-0.39, 0.29) is 24.7 Å². The van der Waals surface area contributed by atoms with Crippen molar-refractivity contribution >= 4 is 22.4 Å². The molecule has 0 aliphatic heterocycles. The Kier molecular flexibility index (Phi) is 5.92. The average Bonchev–Trinajstić information content (AvgIpc) is 2.76. The lowest BCUT2D eigenvalue weighted by atomic mass is 10.1. The zero-order valence-electron chi connectivity index (χ0n) is 16.5. The summed E-state index contributed by atoms with van der Waals surface area (Å²) in [6.07, 6.45) is 1.35. The number of rotatable bonds is 6. The summed E-state index contributed by atoms with van der Waals surface area (Å²) < 4.78 is 26.6. The van der Waals surface area contributed by atoms with Gasteiger partial charge in [-0.25, -0.2) is 9.18 Å². The van der Waals surface area contributed by atoms with Gasteiger partial charge >= 0.3 is 5.69 Å². The molecule has 0 atom stereocenters. The van der Waals surface area contributed by atoms with Crippen LogP contribution in [0, 0.1) is 17.1 Å². The van der Waals surface area contributed by atoms with Crippen molar-refractivity contribution in [3.05, 3.63) is 98.0 Å². The van der Waals surface area contributed by atoms with Gasteiger partial charge in [0.15, 0.2) is 11.5 Å². The first-order valence-electron chi connectivity index (χ1n) is 9.46. The molecule has 0 aliphatic rings. The second kappa shape index (κ2) is 8.96. The molecule has 0 unspecified atom stereocenters. The number of aromatic nitrogens is 2. The highest BCUT2D eigenvalue weighted by molar-refractivity contribution is 6.35. The summed E-state index contributed by atoms with van der Waals surface area (Å²) in [6.45, 7) is 0.153. The van der Waals surface area contributed by atoms with Crippen LogP contribution in [-0.2, 0) is 6.54 Å². The summed E-state index contributed by atoms with van der Waals surface area (Å²) in [5.74, 6) is 0.228. The van der Waals surface area contributed by atoms with Crippen molar-refractivity contribution in [1.82, 2.24) is 9.55 Å². The molecule has 4 aromatic rings. The Balaban J connectivity index is 1.57. The highest BCUT2D eigenvalue weighted by Gasteiger charge is 2.11. The third-order valence-electron chi connectivity index (χ3n) is 4.62. The van der Waals surface area contributed by atoms with E-state index in [1.54, 1.807) is 30.3 Å². The minimum Gasteiger partial charge on any atom is -0.488 e. The summed E-state index contributed by atoms with van der Waals surface area (Å²) in [7, 11) is 0. The molecule has 0 aliphatic carbocycles. The largest absolute Gasteiger partial charge is 0.488 e. The third-order valence-corrected chi connectivity index (χ3v) is 4.94. The lowest BCUT2D eigenvalue weighted by Gasteiger charge is -2.14. The van der Waals surface area contributed by atoms with Gasteiger partial charge < -0.3 is 9.47 Å². The predicted molar refractivity (Wildman–Crippen MR) is 117 cm³/mol. The molecule has 0 radical (unpaired) electrons. The predicted octanol–water partition coefficient (Wildman–Crippen LogP) is 4.23.